The maximum absolute atomic E-state index is 9.64. The van der Waals surface area contributed by atoms with Crippen LogP contribution in [0.5, 0.6) is 0 Å². The molecule has 6 N–H and O–H groups in total. The summed E-state index contributed by atoms with van der Waals surface area (Å²) in [6.07, 6.45) is -1.19. The van der Waals surface area contributed by atoms with Crippen LogP contribution in [0, 0.1) is 0 Å². The third kappa shape index (κ3) is 31.6. The van der Waals surface area contributed by atoms with Crippen LogP contribution in [0.15, 0.2) is 0 Å². The lowest BCUT2D eigenvalue weighted by Gasteiger charge is -1.85. The second kappa shape index (κ2) is 11.9. The Bertz CT molecular complexity index is 214. The molecular weight excluding hydrogens is 240 g/mol. The number of carbonyl (C=O) groups is 4. The molecule has 0 radical (unpaired) electrons. The molecule has 0 atom stereocenters. The first-order valence-corrected chi connectivity index (χ1v) is 4.13. The summed E-state index contributed by atoms with van der Waals surface area (Å²) in [6, 6.07) is 0. The van der Waals surface area contributed by atoms with Gasteiger partial charge in [0.25, 0.3) is 0 Å². The van der Waals surface area contributed by atoms with E-state index in [0.29, 0.717) is 0 Å². The molecule has 17 heavy (non-hydrogen) atoms. The predicted octanol–water partition coefficient (Wildman–Crippen LogP) is -0.953. The Morgan fingerprint density at radius 1 is 0.529 bits per heavy atom. The highest BCUT2D eigenvalue weighted by Gasteiger charge is 2.00. The molecule has 0 amide bonds. The van der Waals surface area contributed by atoms with Gasteiger partial charge in [-0.3, -0.25) is 19.2 Å². The topological polar surface area (TPSA) is 181 Å². The average Bonchev–Trinajstić information content (AvgIpc) is 2.12. The quantitative estimate of drug-likeness (QED) is 0.467. The standard InChI is InChI=1S/2C4H6O4.H2O/c2*5-3(6)1-2-4(7)8;/h2*1-2H2,(H,5,6)(H,7,8);1H2. The van der Waals surface area contributed by atoms with Crippen molar-refractivity contribution >= 4 is 23.9 Å². The third-order valence-electron chi connectivity index (χ3n) is 1.11. The fourth-order valence-electron chi connectivity index (χ4n) is 0.428. The molecule has 0 aliphatic rings. The first-order valence-electron chi connectivity index (χ1n) is 4.13. The lowest BCUT2D eigenvalue weighted by Crippen LogP contribution is -2.00. The number of carboxylic acid groups (broad SMARTS) is 4. The Kier molecular flexibility index (Phi) is 14.2. The number of rotatable bonds is 6. The monoisotopic (exact) mass is 254 g/mol. The number of hydrogen-bond donors (Lipinski definition) is 4. The van der Waals surface area contributed by atoms with Crippen LogP contribution < -0.4 is 0 Å². The van der Waals surface area contributed by atoms with Gasteiger partial charge in [-0.1, -0.05) is 0 Å². The second-order valence-corrected chi connectivity index (χ2v) is 2.57. The van der Waals surface area contributed by atoms with Gasteiger partial charge in [0.05, 0.1) is 25.7 Å². The Hall–Kier alpha value is -2.16. The highest BCUT2D eigenvalue weighted by Crippen LogP contribution is 1.86. The van der Waals surface area contributed by atoms with Crippen molar-refractivity contribution in [3.63, 3.8) is 0 Å². The van der Waals surface area contributed by atoms with Gasteiger partial charge in [0.15, 0.2) is 0 Å². The minimum absolute atomic E-state index is 0. The fraction of sp³-hybridized carbons (Fsp3) is 0.500. The summed E-state index contributed by atoms with van der Waals surface area (Å²) >= 11 is 0. The minimum atomic E-state index is -1.08. The van der Waals surface area contributed by atoms with E-state index in [1.165, 1.54) is 0 Å². The van der Waals surface area contributed by atoms with E-state index in [1.54, 1.807) is 0 Å². The number of hydrogen-bond acceptors (Lipinski definition) is 4. The Morgan fingerprint density at radius 2 is 0.647 bits per heavy atom. The van der Waals surface area contributed by atoms with Crippen LogP contribution >= 0.6 is 0 Å². The predicted molar refractivity (Wildman–Crippen MR) is 52.6 cm³/mol. The molecule has 0 aromatic rings. The largest absolute Gasteiger partial charge is 0.481 e. The zero-order valence-corrected chi connectivity index (χ0v) is 8.75. The molecule has 9 heteroatoms. The summed E-state index contributed by atoms with van der Waals surface area (Å²) in [4.78, 5) is 38.6. The summed E-state index contributed by atoms with van der Waals surface area (Å²) in [5, 5.41) is 31.6. The van der Waals surface area contributed by atoms with E-state index < -0.39 is 23.9 Å². The lowest BCUT2D eigenvalue weighted by atomic mass is 10.3. The molecule has 0 bridgehead atoms. The summed E-state index contributed by atoms with van der Waals surface area (Å²) in [6.45, 7) is 0. The minimum Gasteiger partial charge on any atom is -0.481 e. The van der Waals surface area contributed by atoms with E-state index in [1.807, 2.05) is 0 Å². The SMILES string of the molecule is O.O=C(O)CCC(=O)O.O=C(O)CCC(=O)O. The molecular formula is C8H14O9. The Balaban J connectivity index is -0.000000218. The molecule has 0 heterocycles. The molecule has 100 valence electrons. The van der Waals surface area contributed by atoms with Crippen molar-refractivity contribution in [3.8, 4) is 0 Å². The summed E-state index contributed by atoms with van der Waals surface area (Å²) in [5.41, 5.74) is 0. The fourth-order valence-corrected chi connectivity index (χ4v) is 0.428. The highest BCUT2D eigenvalue weighted by atomic mass is 16.4. The molecule has 0 saturated carbocycles. The van der Waals surface area contributed by atoms with Crippen LogP contribution in [-0.4, -0.2) is 49.8 Å². The van der Waals surface area contributed by atoms with Crippen molar-refractivity contribution in [3.05, 3.63) is 0 Å². The van der Waals surface area contributed by atoms with Gasteiger partial charge in [0.1, 0.15) is 0 Å². The third-order valence-corrected chi connectivity index (χ3v) is 1.11. The first-order chi connectivity index (χ1) is 7.25. The smallest absolute Gasteiger partial charge is 0.303 e. The van der Waals surface area contributed by atoms with Gasteiger partial charge in [-0.25, -0.2) is 0 Å². The van der Waals surface area contributed by atoms with Crippen LogP contribution in [0.4, 0.5) is 0 Å². The van der Waals surface area contributed by atoms with Crippen LogP contribution in [0.1, 0.15) is 25.7 Å². The molecule has 0 spiro atoms. The second-order valence-electron chi connectivity index (χ2n) is 2.57. The maximum atomic E-state index is 9.64. The molecule has 0 unspecified atom stereocenters. The Morgan fingerprint density at radius 3 is 0.706 bits per heavy atom. The van der Waals surface area contributed by atoms with Gasteiger partial charge in [0.2, 0.25) is 0 Å². The maximum Gasteiger partial charge on any atom is 0.303 e. The Labute approximate surface area is 95.6 Å². The summed E-state index contributed by atoms with van der Waals surface area (Å²) < 4.78 is 0. The van der Waals surface area contributed by atoms with Crippen LogP contribution in [0.3, 0.4) is 0 Å². The molecule has 0 aliphatic carbocycles. The normalized spacial score (nSPS) is 8.00. The highest BCUT2D eigenvalue weighted by molar-refractivity contribution is 5.75. The van der Waals surface area contributed by atoms with Gasteiger partial charge in [-0.15, -0.1) is 0 Å². The molecule has 0 aromatic heterocycles. The van der Waals surface area contributed by atoms with E-state index in [9.17, 15) is 19.2 Å². The van der Waals surface area contributed by atoms with Crippen molar-refractivity contribution < 1.29 is 45.1 Å². The van der Waals surface area contributed by atoms with Crippen molar-refractivity contribution in [2.75, 3.05) is 0 Å². The van der Waals surface area contributed by atoms with Crippen molar-refractivity contribution in [2.24, 2.45) is 0 Å². The van der Waals surface area contributed by atoms with Crippen molar-refractivity contribution in [2.45, 2.75) is 25.7 Å². The first kappa shape index (κ1) is 20.3. The number of carboxylic acids is 4. The number of aliphatic carboxylic acids is 4. The van der Waals surface area contributed by atoms with Gasteiger partial charge in [-0.2, -0.15) is 0 Å². The zero-order valence-electron chi connectivity index (χ0n) is 8.75. The van der Waals surface area contributed by atoms with E-state index in [0.717, 1.165) is 0 Å². The van der Waals surface area contributed by atoms with Crippen LogP contribution in [-0.2, 0) is 19.2 Å². The van der Waals surface area contributed by atoms with Gasteiger partial charge >= 0.3 is 23.9 Å². The van der Waals surface area contributed by atoms with Crippen molar-refractivity contribution in [1.29, 1.82) is 0 Å². The molecule has 0 aromatic carbocycles. The van der Waals surface area contributed by atoms with E-state index in [2.05, 4.69) is 0 Å². The van der Waals surface area contributed by atoms with E-state index >= 15 is 0 Å². The molecule has 0 fully saturated rings. The molecule has 0 rings (SSSR count). The average molecular weight is 254 g/mol. The van der Waals surface area contributed by atoms with Crippen LogP contribution in [0.2, 0.25) is 0 Å². The van der Waals surface area contributed by atoms with E-state index in [4.69, 9.17) is 20.4 Å². The van der Waals surface area contributed by atoms with E-state index in [-0.39, 0.29) is 31.2 Å². The van der Waals surface area contributed by atoms with Crippen molar-refractivity contribution in [1.82, 2.24) is 0 Å². The summed E-state index contributed by atoms with van der Waals surface area (Å²) in [5.74, 6) is -4.31. The molecule has 9 nitrogen and oxygen atoms in total. The van der Waals surface area contributed by atoms with Gasteiger partial charge in [0, 0.05) is 0 Å². The van der Waals surface area contributed by atoms with Gasteiger partial charge in [-0.05, 0) is 0 Å². The summed E-state index contributed by atoms with van der Waals surface area (Å²) in [7, 11) is 0. The van der Waals surface area contributed by atoms with Crippen LogP contribution in [0.25, 0.3) is 0 Å². The van der Waals surface area contributed by atoms with Gasteiger partial charge < -0.3 is 25.9 Å². The molecule has 0 saturated heterocycles. The molecule has 0 aliphatic heterocycles. The zero-order chi connectivity index (χ0) is 13.1. The lowest BCUT2D eigenvalue weighted by molar-refractivity contribution is -0.143.